The number of hydrogen-bond donors (Lipinski definition) is 1. The van der Waals surface area contributed by atoms with Crippen LogP contribution in [0, 0.1) is 0 Å². The first-order valence-corrected chi connectivity index (χ1v) is 9.16. The van der Waals surface area contributed by atoms with Crippen molar-refractivity contribution in [1.82, 2.24) is 5.32 Å². The van der Waals surface area contributed by atoms with E-state index in [0.717, 1.165) is 4.88 Å². The van der Waals surface area contributed by atoms with Gasteiger partial charge in [0.1, 0.15) is 5.76 Å². The van der Waals surface area contributed by atoms with Crippen LogP contribution in [0.2, 0.25) is 5.02 Å². The lowest BCUT2D eigenvalue weighted by atomic mass is 10.2. The Balaban J connectivity index is 1.59. The molecule has 0 saturated carbocycles. The Bertz CT molecular complexity index is 904. The molecule has 1 aromatic carbocycles. The molecule has 7 heteroatoms. The number of amides is 1. The smallest absolute Gasteiger partial charge is 0.375 e. The Labute approximate surface area is 159 Å². The second kappa shape index (κ2) is 8.21. The minimum Gasteiger partial charge on any atom is -0.449 e. The molecule has 0 bridgehead atoms. The molecule has 0 aliphatic heterocycles. The number of benzene rings is 1. The maximum atomic E-state index is 12.2. The zero-order valence-corrected chi connectivity index (χ0v) is 15.5. The van der Waals surface area contributed by atoms with Gasteiger partial charge in [0.25, 0.3) is 5.91 Å². The van der Waals surface area contributed by atoms with Gasteiger partial charge in [0, 0.05) is 10.4 Å². The van der Waals surface area contributed by atoms with E-state index in [4.69, 9.17) is 20.8 Å². The summed E-state index contributed by atoms with van der Waals surface area (Å²) in [6, 6.07) is 14.1. The molecule has 1 amide bonds. The third kappa shape index (κ3) is 4.33. The number of carbonyl (C=O) groups excluding carboxylic acids is 2. The van der Waals surface area contributed by atoms with Gasteiger partial charge in [-0.1, -0.05) is 29.8 Å². The molecular formula is C19H16ClNO4S. The van der Waals surface area contributed by atoms with E-state index in [0.29, 0.717) is 22.9 Å². The number of furan rings is 1. The average Bonchev–Trinajstić information content (AvgIpc) is 3.31. The minimum absolute atomic E-state index is 0.0119. The van der Waals surface area contributed by atoms with Crippen LogP contribution >= 0.6 is 22.9 Å². The number of rotatable bonds is 6. The molecule has 0 radical (unpaired) electrons. The number of hydrogen-bond acceptors (Lipinski definition) is 5. The number of nitrogens with one attached hydrogen (secondary N) is 1. The van der Waals surface area contributed by atoms with Gasteiger partial charge in [-0.25, -0.2) is 4.79 Å². The van der Waals surface area contributed by atoms with Gasteiger partial charge >= 0.3 is 5.97 Å². The van der Waals surface area contributed by atoms with E-state index in [9.17, 15) is 9.59 Å². The molecule has 2 aromatic heterocycles. The van der Waals surface area contributed by atoms with E-state index in [1.54, 1.807) is 35.6 Å². The lowest BCUT2D eigenvalue weighted by Crippen LogP contribution is -2.35. The summed E-state index contributed by atoms with van der Waals surface area (Å²) in [4.78, 5) is 25.3. The Kier molecular flexibility index (Phi) is 5.75. The van der Waals surface area contributed by atoms with E-state index < -0.39 is 12.1 Å². The van der Waals surface area contributed by atoms with E-state index in [1.165, 1.54) is 13.0 Å². The zero-order valence-electron chi connectivity index (χ0n) is 13.9. The van der Waals surface area contributed by atoms with Crippen molar-refractivity contribution < 1.29 is 18.7 Å². The molecule has 5 nitrogen and oxygen atoms in total. The summed E-state index contributed by atoms with van der Waals surface area (Å²) in [7, 11) is 0. The van der Waals surface area contributed by atoms with Crippen LogP contribution in [0.4, 0.5) is 0 Å². The molecule has 0 saturated heterocycles. The van der Waals surface area contributed by atoms with Gasteiger partial charge in [-0.3, -0.25) is 4.79 Å². The summed E-state index contributed by atoms with van der Waals surface area (Å²) < 4.78 is 10.7. The largest absolute Gasteiger partial charge is 0.449 e. The molecule has 0 aliphatic carbocycles. The highest BCUT2D eigenvalue weighted by Gasteiger charge is 2.21. The number of ether oxygens (including phenoxy) is 1. The van der Waals surface area contributed by atoms with Crippen LogP contribution in [0.15, 0.2) is 58.3 Å². The predicted octanol–water partition coefficient (Wildman–Crippen LogP) is 4.52. The van der Waals surface area contributed by atoms with Crippen molar-refractivity contribution in [2.24, 2.45) is 0 Å². The maximum Gasteiger partial charge on any atom is 0.375 e. The topological polar surface area (TPSA) is 68.5 Å². The van der Waals surface area contributed by atoms with Crippen molar-refractivity contribution in [3.63, 3.8) is 0 Å². The van der Waals surface area contributed by atoms with E-state index in [2.05, 4.69) is 5.32 Å². The SMILES string of the molecule is C[C@H](OC(=O)c1ccc(-c2ccccc2Cl)o1)C(=O)NCc1cccs1. The van der Waals surface area contributed by atoms with Gasteiger partial charge in [0.15, 0.2) is 6.10 Å². The van der Waals surface area contributed by atoms with Crippen LogP contribution in [0.3, 0.4) is 0 Å². The van der Waals surface area contributed by atoms with Crippen molar-refractivity contribution in [3.8, 4) is 11.3 Å². The maximum absolute atomic E-state index is 12.2. The summed E-state index contributed by atoms with van der Waals surface area (Å²) in [5, 5.41) is 5.17. The summed E-state index contributed by atoms with van der Waals surface area (Å²) >= 11 is 7.66. The van der Waals surface area contributed by atoms with E-state index >= 15 is 0 Å². The first-order valence-electron chi connectivity index (χ1n) is 7.90. The molecule has 26 heavy (non-hydrogen) atoms. The van der Waals surface area contributed by atoms with Gasteiger partial charge in [0.2, 0.25) is 5.76 Å². The Morgan fingerprint density at radius 2 is 2.00 bits per heavy atom. The monoisotopic (exact) mass is 389 g/mol. The van der Waals surface area contributed by atoms with Crippen LogP contribution in [0.25, 0.3) is 11.3 Å². The van der Waals surface area contributed by atoms with E-state index in [1.807, 2.05) is 23.6 Å². The van der Waals surface area contributed by atoms with Crippen molar-refractivity contribution in [1.29, 1.82) is 0 Å². The standard InChI is InChI=1S/C19H16ClNO4S/c1-12(18(22)21-11-13-5-4-10-26-13)24-19(23)17-9-8-16(25-17)14-6-2-3-7-15(14)20/h2-10,12H,11H2,1H3,(H,21,22)/t12-/m0/s1. The van der Waals surface area contributed by atoms with Gasteiger partial charge in [0.05, 0.1) is 11.6 Å². The first kappa shape index (κ1) is 18.2. The molecular weight excluding hydrogens is 374 g/mol. The van der Waals surface area contributed by atoms with Crippen LogP contribution in [-0.4, -0.2) is 18.0 Å². The second-order valence-electron chi connectivity index (χ2n) is 5.49. The fourth-order valence-corrected chi connectivity index (χ4v) is 3.13. The summed E-state index contributed by atoms with van der Waals surface area (Å²) in [6.45, 7) is 1.91. The van der Waals surface area contributed by atoms with Crippen molar-refractivity contribution in [2.45, 2.75) is 19.6 Å². The van der Waals surface area contributed by atoms with Gasteiger partial charge in [-0.05, 0) is 42.6 Å². The first-order chi connectivity index (χ1) is 12.5. The van der Waals surface area contributed by atoms with Gasteiger partial charge < -0.3 is 14.5 Å². The number of esters is 1. The zero-order chi connectivity index (χ0) is 18.5. The molecule has 1 N–H and O–H groups in total. The lowest BCUT2D eigenvalue weighted by Gasteiger charge is -2.12. The van der Waals surface area contributed by atoms with Gasteiger partial charge in [-0.15, -0.1) is 11.3 Å². The van der Waals surface area contributed by atoms with Gasteiger partial charge in [-0.2, -0.15) is 0 Å². The van der Waals surface area contributed by atoms with Crippen LogP contribution < -0.4 is 5.32 Å². The number of thiophene rings is 1. The van der Waals surface area contributed by atoms with Crippen molar-refractivity contribution in [3.05, 3.63) is 69.6 Å². The third-order valence-corrected chi connectivity index (χ3v) is 4.82. The molecule has 3 aromatic rings. The molecule has 0 fully saturated rings. The molecule has 0 aliphatic rings. The highest BCUT2D eigenvalue weighted by Crippen LogP contribution is 2.29. The number of halogens is 1. The predicted molar refractivity (Wildman–Crippen MR) is 100 cm³/mol. The summed E-state index contributed by atoms with van der Waals surface area (Å²) in [6.07, 6.45) is -0.934. The molecule has 0 unspecified atom stereocenters. The minimum atomic E-state index is -0.934. The highest BCUT2D eigenvalue weighted by molar-refractivity contribution is 7.09. The average molecular weight is 390 g/mol. The highest BCUT2D eigenvalue weighted by atomic mass is 35.5. The molecule has 0 spiro atoms. The third-order valence-electron chi connectivity index (χ3n) is 3.62. The van der Waals surface area contributed by atoms with Crippen molar-refractivity contribution >= 4 is 34.8 Å². The summed E-state index contributed by atoms with van der Waals surface area (Å²) in [5.74, 6) is -0.609. The second-order valence-corrected chi connectivity index (χ2v) is 6.93. The Morgan fingerprint density at radius 3 is 2.73 bits per heavy atom. The molecule has 134 valence electrons. The quantitative estimate of drug-likeness (QED) is 0.629. The summed E-state index contributed by atoms with van der Waals surface area (Å²) in [5.41, 5.74) is 0.676. The lowest BCUT2D eigenvalue weighted by molar-refractivity contribution is -0.129. The van der Waals surface area contributed by atoms with Crippen LogP contribution in [0.1, 0.15) is 22.4 Å². The molecule has 1 atom stereocenters. The fourth-order valence-electron chi connectivity index (χ4n) is 2.26. The van der Waals surface area contributed by atoms with Crippen molar-refractivity contribution in [2.75, 3.05) is 0 Å². The fraction of sp³-hybridized carbons (Fsp3) is 0.158. The number of carbonyl (C=O) groups is 2. The van der Waals surface area contributed by atoms with Crippen LogP contribution in [0.5, 0.6) is 0 Å². The molecule has 3 rings (SSSR count). The normalized spacial score (nSPS) is 11.8. The van der Waals surface area contributed by atoms with Crippen LogP contribution in [-0.2, 0) is 16.1 Å². The Hall–Kier alpha value is -2.57. The molecule has 2 heterocycles. The van der Waals surface area contributed by atoms with E-state index in [-0.39, 0.29) is 11.7 Å². The Morgan fingerprint density at radius 1 is 1.19 bits per heavy atom.